The number of hydrogen-bond donors (Lipinski definition) is 1. The zero-order chi connectivity index (χ0) is 13.8. The van der Waals surface area contributed by atoms with Crippen molar-refractivity contribution in [2.24, 2.45) is 0 Å². The first-order valence-corrected chi connectivity index (χ1v) is 6.58. The standard InChI is InChI=1S/C18H15NO/c20-13-16-8-4-10-17(14-6-2-1-3-7-14)18(16)15-9-5-11-19-12-15/h1-12,20H,13H2. The maximum Gasteiger partial charge on any atom is 0.0688 e. The molecule has 2 nitrogen and oxygen atoms in total. The third-order valence-electron chi connectivity index (χ3n) is 3.36. The summed E-state index contributed by atoms with van der Waals surface area (Å²) in [4.78, 5) is 4.19. The first-order valence-electron chi connectivity index (χ1n) is 6.58. The normalized spacial score (nSPS) is 10.4. The van der Waals surface area contributed by atoms with E-state index in [1.54, 1.807) is 6.20 Å². The first-order chi connectivity index (χ1) is 9.90. The second-order valence-electron chi connectivity index (χ2n) is 4.61. The van der Waals surface area contributed by atoms with E-state index in [2.05, 4.69) is 23.2 Å². The summed E-state index contributed by atoms with van der Waals surface area (Å²) in [5, 5.41) is 9.63. The van der Waals surface area contributed by atoms with Gasteiger partial charge in [-0.25, -0.2) is 0 Å². The molecule has 1 heterocycles. The second-order valence-corrected chi connectivity index (χ2v) is 4.61. The van der Waals surface area contributed by atoms with Gasteiger partial charge < -0.3 is 5.11 Å². The number of aromatic nitrogens is 1. The summed E-state index contributed by atoms with van der Waals surface area (Å²) in [6.45, 7) is 0.0188. The SMILES string of the molecule is OCc1cccc(-c2ccccc2)c1-c1cccnc1. The smallest absolute Gasteiger partial charge is 0.0688 e. The van der Waals surface area contributed by atoms with Crippen LogP contribution in [0.1, 0.15) is 5.56 Å². The molecule has 20 heavy (non-hydrogen) atoms. The maximum absolute atomic E-state index is 9.63. The van der Waals surface area contributed by atoms with Crippen LogP contribution in [0.5, 0.6) is 0 Å². The molecule has 0 bridgehead atoms. The number of nitrogens with zero attached hydrogens (tertiary/aromatic N) is 1. The van der Waals surface area contributed by atoms with E-state index in [0.29, 0.717) is 0 Å². The molecule has 0 amide bonds. The average Bonchev–Trinajstić information content (AvgIpc) is 2.55. The van der Waals surface area contributed by atoms with Crippen LogP contribution in [0.15, 0.2) is 73.1 Å². The molecule has 3 aromatic rings. The van der Waals surface area contributed by atoms with Crippen molar-refractivity contribution in [3.8, 4) is 22.3 Å². The first kappa shape index (κ1) is 12.6. The highest BCUT2D eigenvalue weighted by molar-refractivity contribution is 5.85. The highest BCUT2D eigenvalue weighted by atomic mass is 16.3. The van der Waals surface area contributed by atoms with Crippen LogP contribution in [-0.4, -0.2) is 10.1 Å². The van der Waals surface area contributed by atoms with Gasteiger partial charge in [-0.15, -0.1) is 0 Å². The third kappa shape index (κ3) is 2.33. The molecular weight excluding hydrogens is 246 g/mol. The molecule has 2 aromatic carbocycles. The van der Waals surface area contributed by atoms with Gasteiger partial charge in [0.25, 0.3) is 0 Å². The lowest BCUT2D eigenvalue weighted by Crippen LogP contribution is -1.93. The van der Waals surface area contributed by atoms with E-state index in [1.165, 1.54) is 0 Å². The van der Waals surface area contributed by atoms with Crippen molar-refractivity contribution < 1.29 is 5.11 Å². The van der Waals surface area contributed by atoms with Crippen LogP contribution in [0.25, 0.3) is 22.3 Å². The van der Waals surface area contributed by atoms with Crippen molar-refractivity contribution in [3.63, 3.8) is 0 Å². The monoisotopic (exact) mass is 261 g/mol. The predicted octanol–water partition coefficient (Wildman–Crippen LogP) is 3.91. The van der Waals surface area contributed by atoms with E-state index in [0.717, 1.165) is 27.8 Å². The highest BCUT2D eigenvalue weighted by Gasteiger charge is 2.11. The Morgan fingerprint density at radius 1 is 0.800 bits per heavy atom. The number of benzene rings is 2. The van der Waals surface area contributed by atoms with Gasteiger partial charge in [-0.2, -0.15) is 0 Å². The second kappa shape index (κ2) is 5.68. The van der Waals surface area contributed by atoms with E-state index in [-0.39, 0.29) is 6.61 Å². The number of aliphatic hydroxyl groups excluding tert-OH is 1. The molecule has 0 unspecified atom stereocenters. The van der Waals surface area contributed by atoms with Crippen LogP contribution in [0.4, 0.5) is 0 Å². The lowest BCUT2D eigenvalue weighted by Gasteiger charge is -2.14. The van der Waals surface area contributed by atoms with Crippen molar-refractivity contribution in [1.82, 2.24) is 4.98 Å². The molecule has 1 N–H and O–H groups in total. The number of rotatable bonds is 3. The Morgan fingerprint density at radius 2 is 1.60 bits per heavy atom. The van der Waals surface area contributed by atoms with Crippen molar-refractivity contribution in [1.29, 1.82) is 0 Å². The highest BCUT2D eigenvalue weighted by Crippen LogP contribution is 2.34. The lowest BCUT2D eigenvalue weighted by molar-refractivity contribution is 0.282. The topological polar surface area (TPSA) is 33.1 Å². The van der Waals surface area contributed by atoms with Gasteiger partial charge in [-0.1, -0.05) is 54.6 Å². The summed E-state index contributed by atoms with van der Waals surface area (Å²) < 4.78 is 0. The van der Waals surface area contributed by atoms with Gasteiger partial charge in [-0.3, -0.25) is 4.98 Å². The Hall–Kier alpha value is -2.45. The summed E-state index contributed by atoms with van der Waals surface area (Å²) >= 11 is 0. The Bertz CT molecular complexity index is 693. The van der Waals surface area contributed by atoms with Gasteiger partial charge in [0, 0.05) is 18.0 Å². The van der Waals surface area contributed by atoms with Crippen LogP contribution in [-0.2, 0) is 6.61 Å². The van der Waals surface area contributed by atoms with Gasteiger partial charge >= 0.3 is 0 Å². The van der Waals surface area contributed by atoms with E-state index in [9.17, 15) is 5.11 Å². The van der Waals surface area contributed by atoms with E-state index in [4.69, 9.17) is 0 Å². The van der Waals surface area contributed by atoms with E-state index >= 15 is 0 Å². The third-order valence-corrected chi connectivity index (χ3v) is 3.36. The summed E-state index contributed by atoms with van der Waals surface area (Å²) in [7, 11) is 0. The van der Waals surface area contributed by atoms with Crippen molar-refractivity contribution in [2.75, 3.05) is 0 Å². The number of hydrogen-bond acceptors (Lipinski definition) is 2. The molecule has 98 valence electrons. The number of pyridine rings is 1. The molecule has 3 rings (SSSR count). The summed E-state index contributed by atoms with van der Waals surface area (Å²) in [5.74, 6) is 0. The molecule has 0 aliphatic rings. The summed E-state index contributed by atoms with van der Waals surface area (Å²) in [6.07, 6.45) is 3.59. The van der Waals surface area contributed by atoms with Crippen LogP contribution >= 0.6 is 0 Å². The zero-order valence-electron chi connectivity index (χ0n) is 11.0. The molecule has 1 aromatic heterocycles. The van der Waals surface area contributed by atoms with Crippen LogP contribution in [0, 0.1) is 0 Å². The quantitative estimate of drug-likeness (QED) is 0.775. The van der Waals surface area contributed by atoms with Crippen molar-refractivity contribution >= 4 is 0 Å². The molecule has 0 aliphatic carbocycles. The molecule has 0 fully saturated rings. The van der Waals surface area contributed by atoms with Gasteiger partial charge in [-0.05, 0) is 28.3 Å². The predicted molar refractivity (Wildman–Crippen MR) is 81.0 cm³/mol. The average molecular weight is 261 g/mol. The molecule has 2 heteroatoms. The maximum atomic E-state index is 9.63. The van der Waals surface area contributed by atoms with Crippen LogP contribution < -0.4 is 0 Å². The van der Waals surface area contributed by atoms with Gasteiger partial charge in [0.05, 0.1) is 6.61 Å². The van der Waals surface area contributed by atoms with Gasteiger partial charge in [0.15, 0.2) is 0 Å². The fourth-order valence-corrected chi connectivity index (χ4v) is 2.44. The summed E-state index contributed by atoms with van der Waals surface area (Å²) in [5.41, 5.74) is 5.25. The molecule has 0 spiro atoms. The zero-order valence-corrected chi connectivity index (χ0v) is 11.0. The van der Waals surface area contributed by atoms with E-state index in [1.807, 2.05) is 48.7 Å². The fourth-order valence-electron chi connectivity index (χ4n) is 2.44. The fraction of sp³-hybridized carbons (Fsp3) is 0.0556. The lowest BCUT2D eigenvalue weighted by atomic mass is 9.91. The molecule has 0 atom stereocenters. The Morgan fingerprint density at radius 3 is 2.30 bits per heavy atom. The summed E-state index contributed by atoms with van der Waals surface area (Å²) in [6, 6.07) is 20.2. The Kier molecular flexibility index (Phi) is 3.57. The van der Waals surface area contributed by atoms with Crippen molar-refractivity contribution in [3.05, 3.63) is 78.6 Å². The largest absolute Gasteiger partial charge is 0.392 e. The molecule has 0 saturated carbocycles. The Balaban J connectivity index is 2.26. The molecular formula is C18H15NO. The van der Waals surface area contributed by atoms with Crippen molar-refractivity contribution in [2.45, 2.75) is 6.61 Å². The van der Waals surface area contributed by atoms with E-state index < -0.39 is 0 Å². The van der Waals surface area contributed by atoms with Gasteiger partial charge in [0.1, 0.15) is 0 Å². The minimum Gasteiger partial charge on any atom is -0.392 e. The minimum atomic E-state index is 0.0188. The van der Waals surface area contributed by atoms with Crippen LogP contribution in [0.3, 0.4) is 0 Å². The van der Waals surface area contributed by atoms with Gasteiger partial charge in [0.2, 0.25) is 0 Å². The molecule has 0 saturated heterocycles. The van der Waals surface area contributed by atoms with Crippen LogP contribution in [0.2, 0.25) is 0 Å². The number of aliphatic hydroxyl groups is 1. The molecule has 0 radical (unpaired) electrons. The minimum absolute atomic E-state index is 0.0188. The Labute approximate surface area is 118 Å². The molecule has 0 aliphatic heterocycles.